The van der Waals surface area contributed by atoms with E-state index in [4.69, 9.17) is 11.5 Å². The minimum atomic E-state index is -0.900. The molecule has 0 aliphatic heterocycles. The summed E-state index contributed by atoms with van der Waals surface area (Å²) in [6.07, 6.45) is 5.25. The summed E-state index contributed by atoms with van der Waals surface area (Å²) in [6.45, 7) is 4.28. The first kappa shape index (κ1) is 12.3. The topological polar surface area (TPSA) is 40.5 Å². The zero-order valence-electron chi connectivity index (χ0n) is 9.31. The van der Waals surface area contributed by atoms with E-state index in [1.54, 1.807) is 12.1 Å². The molecule has 3 heteroatoms. The normalized spacial score (nSPS) is 10.1. The molecule has 1 aromatic carbocycles. The zero-order chi connectivity index (χ0) is 12.0. The van der Waals surface area contributed by atoms with Crippen LogP contribution < -0.4 is 0 Å². The highest BCUT2D eigenvalue weighted by Gasteiger charge is 2.04. The minimum absolute atomic E-state index is 0.309. The second-order valence-electron chi connectivity index (χ2n) is 3.51. The number of hydrogen-bond donors (Lipinski definition) is 1. The van der Waals surface area contributed by atoms with E-state index in [0.717, 1.165) is 18.7 Å². The molecule has 3 nitrogen and oxygen atoms in total. The lowest BCUT2D eigenvalue weighted by Crippen LogP contribution is -2.22. The quantitative estimate of drug-likeness (QED) is 0.765. The van der Waals surface area contributed by atoms with Gasteiger partial charge in [0, 0.05) is 6.54 Å². The Morgan fingerprint density at radius 1 is 1.44 bits per heavy atom. The molecule has 1 N–H and O–H groups in total. The number of carboxylic acids is 1. The van der Waals surface area contributed by atoms with Crippen LogP contribution in [0.5, 0.6) is 0 Å². The van der Waals surface area contributed by atoms with Gasteiger partial charge in [-0.05, 0) is 24.2 Å². The van der Waals surface area contributed by atoms with E-state index in [2.05, 4.69) is 10.8 Å². The Morgan fingerprint density at radius 2 is 2.06 bits per heavy atom. The van der Waals surface area contributed by atoms with Gasteiger partial charge in [0.15, 0.2) is 0 Å². The van der Waals surface area contributed by atoms with Gasteiger partial charge in [0.25, 0.3) is 0 Å². The molecule has 0 radical (unpaired) electrons. The van der Waals surface area contributed by atoms with Crippen LogP contribution in [0.2, 0.25) is 0 Å². The molecule has 1 rings (SSSR count). The lowest BCUT2D eigenvalue weighted by molar-refractivity contribution is 0.0697. The first-order chi connectivity index (χ1) is 7.67. The van der Waals surface area contributed by atoms with Gasteiger partial charge in [-0.25, -0.2) is 4.79 Å². The van der Waals surface area contributed by atoms with Gasteiger partial charge in [0.2, 0.25) is 0 Å². The molecule has 16 heavy (non-hydrogen) atoms. The van der Waals surface area contributed by atoms with Gasteiger partial charge in [-0.3, -0.25) is 4.90 Å². The molecule has 0 aliphatic rings. The molecular weight excluding hydrogens is 202 g/mol. The van der Waals surface area contributed by atoms with Crippen molar-refractivity contribution in [2.24, 2.45) is 0 Å². The fraction of sp³-hybridized carbons (Fsp3) is 0.308. The maximum absolute atomic E-state index is 10.7. The van der Waals surface area contributed by atoms with Crippen LogP contribution in [0.3, 0.4) is 0 Å². The predicted octanol–water partition coefficient (Wildman–Crippen LogP) is 1.84. The summed E-state index contributed by atoms with van der Waals surface area (Å²) in [5, 5.41) is 8.75. The number of carboxylic acid groups (broad SMARTS) is 1. The third-order valence-corrected chi connectivity index (χ3v) is 2.37. The molecule has 0 aromatic heterocycles. The summed E-state index contributed by atoms with van der Waals surface area (Å²) < 4.78 is 0. The van der Waals surface area contributed by atoms with Crippen LogP contribution >= 0.6 is 0 Å². The number of carbonyl (C=O) groups is 1. The summed E-state index contributed by atoms with van der Waals surface area (Å²) in [6, 6.07) is 6.87. The van der Waals surface area contributed by atoms with Crippen molar-refractivity contribution < 1.29 is 9.90 Å². The highest BCUT2D eigenvalue weighted by atomic mass is 16.4. The molecule has 0 spiro atoms. The van der Waals surface area contributed by atoms with Crippen molar-refractivity contribution in [3.63, 3.8) is 0 Å². The lowest BCUT2D eigenvalue weighted by Gasteiger charge is -2.17. The third-order valence-electron chi connectivity index (χ3n) is 2.37. The fourth-order valence-corrected chi connectivity index (χ4v) is 1.42. The Kier molecular flexibility index (Phi) is 4.56. The van der Waals surface area contributed by atoms with Crippen molar-refractivity contribution >= 4 is 5.97 Å². The molecule has 1 aromatic rings. The molecule has 0 bridgehead atoms. The Hall–Kier alpha value is -1.79. The van der Waals surface area contributed by atoms with Gasteiger partial charge >= 0.3 is 5.97 Å². The van der Waals surface area contributed by atoms with E-state index in [1.165, 1.54) is 0 Å². The second-order valence-corrected chi connectivity index (χ2v) is 3.51. The number of nitrogens with zero attached hydrogens (tertiary/aromatic N) is 1. The molecule has 0 unspecified atom stereocenters. The number of aromatic carboxylic acids is 1. The highest BCUT2D eigenvalue weighted by molar-refractivity contribution is 5.87. The Balaban J connectivity index is 2.68. The van der Waals surface area contributed by atoms with E-state index in [1.807, 2.05) is 19.1 Å². The van der Waals surface area contributed by atoms with Crippen LogP contribution in [0.1, 0.15) is 22.8 Å². The second kappa shape index (κ2) is 5.94. The van der Waals surface area contributed by atoms with Crippen LogP contribution in [0.25, 0.3) is 0 Å². The van der Waals surface area contributed by atoms with Crippen LogP contribution in [0.15, 0.2) is 24.3 Å². The first-order valence-electron chi connectivity index (χ1n) is 5.15. The summed E-state index contributed by atoms with van der Waals surface area (Å²) >= 11 is 0. The molecule has 0 heterocycles. The smallest absolute Gasteiger partial charge is 0.335 e. The number of rotatable bonds is 5. The predicted molar refractivity (Wildman–Crippen MR) is 63.2 cm³/mol. The lowest BCUT2D eigenvalue weighted by atomic mass is 10.1. The van der Waals surface area contributed by atoms with Crippen LogP contribution in [-0.4, -0.2) is 29.1 Å². The first-order valence-corrected chi connectivity index (χ1v) is 5.15. The molecule has 0 saturated carbocycles. The van der Waals surface area contributed by atoms with E-state index in [9.17, 15) is 4.79 Å². The van der Waals surface area contributed by atoms with Crippen molar-refractivity contribution in [2.45, 2.75) is 13.5 Å². The molecule has 0 saturated heterocycles. The van der Waals surface area contributed by atoms with Crippen molar-refractivity contribution in [2.75, 3.05) is 13.1 Å². The molecule has 0 amide bonds. The Morgan fingerprint density at radius 3 is 2.50 bits per heavy atom. The Bertz CT molecular complexity index is 389. The van der Waals surface area contributed by atoms with Crippen molar-refractivity contribution in [1.82, 2.24) is 4.90 Å². The summed E-state index contributed by atoms with van der Waals surface area (Å²) in [7, 11) is 0. The minimum Gasteiger partial charge on any atom is -0.478 e. The summed E-state index contributed by atoms with van der Waals surface area (Å²) in [5.41, 5.74) is 1.38. The van der Waals surface area contributed by atoms with Gasteiger partial charge in [-0.2, -0.15) is 0 Å². The van der Waals surface area contributed by atoms with E-state index in [-0.39, 0.29) is 0 Å². The van der Waals surface area contributed by atoms with Crippen molar-refractivity contribution in [3.05, 3.63) is 35.4 Å². The maximum Gasteiger partial charge on any atom is 0.335 e. The van der Waals surface area contributed by atoms with Crippen LogP contribution in [0, 0.1) is 12.3 Å². The molecule has 84 valence electrons. The number of terminal acetylenes is 1. The summed E-state index contributed by atoms with van der Waals surface area (Å²) in [5.74, 6) is 1.70. The SMILES string of the molecule is C#CCN(CC)Cc1ccc(C(=O)O)cc1. The molecule has 0 atom stereocenters. The molecule has 0 fully saturated rings. The fourth-order valence-electron chi connectivity index (χ4n) is 1.42. The highest BCUT2D eigenvalue weighted by Crippen LogP contribution is 2.07. The van der Waals surface area contributed by atoms with E-state index >= 15 is 0 Å². The molecular formula is C13H15NO2. The van der Waals surface area contributed by atoms with Gasteiger partial charge in [-0.1, -0.05) is 25.0 Å². The van der Waals surface area contributed by atoms with Crippen LogP contribution in [0.4, 0.5) is 0 Å². The standard InChI is InChI=1S/C13H15NO2/c1-3-9-14(4-2)10-11-5-7-12(8-6-11)13(15)16/h1,5-8H,4,9-10H2,2H3,(H,15,16). The van der Waals surface area contributed by atoms with Gasteiger partial charge < -0.3 is 5.11 Å². The number of hydrogen-bond acceptors (Lipinski definition) is 2. The van der Waals surface area contributed by atoms with Crippen LogP contribution in [-0.2, 0) is 6.54 Å². The average molecular weight is 217 g/mol. The van der Waals surface area contributed by atoms with Gasteiger partial charge in [-0.15, -0.1) is 6.42 Å². The maximum atomic E-state index is 10.7. The third kappa shape index (κ3) is 3.41. The zero-order valence-corrected chi connectivity index (χ0v) is 9.31. The number of benzene rings is 1. The van der Waals surface area contributed by atoms with E-state index < -0.39 is 5.97 Å². The molecule has 0 aliphatic carbocycles. The van der Waals surface area contributed by atoms with E-state index in [0.29, 0.717) is 12.1 Å². The van der Waals surface area contributed by atoms with Gasteiger partial charge in [0.1, 0.15) is 0 Å². The Labute approximate surface area is 95.7 Å². The van der Waals surface area contributed by atoms with Crippen molar-refractivity contribution in [1.29, 1.82) is 0 Å². The van der Waals surface area contributed by atoms with Crippen molar-refractivity contribution in [3.8, 4) is 12.3 Å². The van der Waals surface area contributed by atoms with Gasteiger partial charge in [0.05, 0.1) is 12.1 Å². The summed E-state index contributed by atoms with van der Waals surface area (Å²) in [4.78, 5) is 12.8. The monoisotopic (exact) mass is 217 g/mol. The largest absolute Gasteiger partial charge is 0.478 e. The average Bonchev–Trinajstić information content (AvgIpc) is 2.29.